The second-order valence-corrected chi connectivity index (χ2v) is 9.18. The van der Waals surface area contributed by atoms with Crippen LogP contribution in [0.5, 0.6) is 0 Å². The smallest absolute Gasteiger partial charge is 0.261 e. The van der Waals surface area contributed by atoms with Gasteiger partial charge in [0.25, 0.3) is 5.91 Å². The molecule has 3 heterocycles. The molecule has 0 spiro atoms. The molecule has 3 aromatic heterocycles. The van der Waals surface area contributed by atoms with Gasteiger partial charge < -0.3 is 16.4 Å². The molecule has 0 bridgehead atoms. The van der Waals surface area contributed by atoms with Gasteiger partial charge in [-0.05, 0) is 60.2 Å². The average molecular weight is 548 g/mol. The summed E-state index contributed by atoms with van der Waals surface area (Å²) in [5.41, 5.74) is 10.7. The lowest BCUT2D eigenvalue weighted by atomic mass is 10.0. The van der Waals surface area contributed by atoms with Gasteiger partial charge in [0, 0.05) is 35.9 Å². The normalized spacial score (nSPS) is 11.0. The zero-order valence-electron chi connectivity index (χ0n) is 21.6. The summed E-state index contributed by atoms with van der Waals surface area (Å²) in [4.78, 5) is 21.9. The van der Waals surface area contributed by atoms with E-state index in [-0.39, 0.29) is 0 Å². The van der Waals surface area contributed by atoms with Crippen LogP contribution in [-0.4, -0.2) is 25.5 Å². The number of rotatable bonds is 7. The largest absolute Gasteiger partial charge is 0.326 e. The highest BCUT2D eigenvalue weighted by molar-refractivity contribution is 6.05. The molecule has 0 unspecified atom stereocenters. The number of nitrogens with two attached hydrogens (primary N) is 1. The Hall–Kier alpha value is -5.48. The Morgan fingerprint density at radius 1 is 0.878 bits per heavy atom. The molecule has 0 saturated heterocycles. The summed E-state index contributed by atoms with van der Waals surface area (Å²) in [6.45, 7) is 0.414. The molecule has 0 fully saturated rings. The summed E-state index contributed by atoms with van der Waals surface area (Å²) in [7, 11) is 0. The quantitative estimate of drug-likeness (QED) is 0.220. The van der Waals surface area contributed by atoms with Crippen LogP contribution in [0.4, 0.5) is 26.1 Å². The summed E-state index contributed by atoms with van der Waals surface area (Å²) >= 11 is 0. The van der Waals surface area contributed by atoms with E-state index >= 15 is 0 Å². The molecular formula is C31H23F2N7O. The number of anilines is 3. The van der Waals surface area contributed by atoms with Crippen LogP contribution in [0.25, 0.3) is 28.0 Å². The fourth-order valence-corrected chi connectivity index (χ4v) is 4.57. The summed E-state index contributed by atoms with van der Waals surface area (Å²) < 4.78 is 30.1. The Labute approximate surface area is 233 Å². The molecule has 0 saturated carbocycles. The first-order valence-corrected chi connectivity index (χ1v) is 12.7. The van der Waals surface area contributed by atoms with Crippen LogP contribution in [0.15, 0.2) is 103 Å². The summed E-state index contributed by atoms with van der Waals surface area (Å²) in [5.74, 6) is -2.38. The van der Waals surface area contributed by atoms with Crippen molar-refractivity contribution in [2.24, 2.45) is 5.73 Å². The fraction of sp³-hybridized carbons (Fsp3) is 0.0323. The number of halogens is 2. The lowest BCUT2D eigenvalue weighted by Gasteiger charge is -2.10. The topological polar surface area (TPSA) is 110 Å². The average Bonchev–Trinajstić information content (AvgIpc) is 3.37. The molecule has 6 rings (SSSR count). The van der Waals surface area contributed by atoms with Crippen LogP contribution < -0.4 is 16.4 Å². The van der Waals surface area contributed by atoms with E-state index in [9.17, 15) is 13.6 Å². The van der Waals surface area contributed by atoms with E-state index < -0.39 is 23.1 Å². The first-order valence-electron chi connectivity index (χ1n) is 12.7. The van der Waals surface area contributed by atoms with Crippen molar-refractivity contribution in [2.45, 2.75) is 6.54 Å². The van der Waals surface area contributed by atoms with Crippen molar-refractivity contribution >= 4 is 28.7 Å². The highest BCUT2D eigenvalue weighted by Crippen LogP contribution is 2.35. The number of benzene rings is 3. The lowest BCUT2D eigenvalue weighted by molar-refractivity contribution is 0.101. The summed E-state index contributed by atoms with van der Waals surface area (Å²) in [5, 5.41) is 10.6. The van der Waals surface area contributed by atoms with Gasteiger partial charge in [-0.1, -0.05) is 36.4 Å². The predicted octanol–water partition coefficient (Wildman–Crippen LogP) is 6.19. The Morgan fingerprint density at radius 3 is 2.49 bits per heavy atom. The van der Waals surface area contributed by atoms with Crippen molar-refractivity contribution in [1.29, 1.82) is 0 Å². The molecule has 0 aliphatic rings. The van der Waals surface area contributed by atoms with Crippen LogP contribution in [-0.2, 0) is 6.54 Å². The number of aromatic nitrogens is 4. The van der Waals surface area contributed by atoms with Gasteiger partial charge in [-0.15, -0.1) is 0 Å². The van der Waals surface area contributed by atoms with Crippen molar-refractivity contribution < 1.29 is 13.6 Å². The lowest BCUT2D eigenvalue weighted by Crippen LogP contribution is -2.15. The number of nitrogens with one attached hydrogen (secondary N) is 2. The standard InChI is InChI=1S/C31H23F2N7O/c32-23-10-5-11-24(33)27(23)30(41)36-22-9-4-7-20(17-22)29-28(26-12-1-2-15-40(26)39-29)25-13-14-35-31(38-25)37-21-8-3-6-19(16-21)18-34/h1-17H,18,34H2,(H,36,41)(H,35,37,38). The monoisotopic (exact) mass is 547 g/mol. The number of nitrogens with zero attached hydrogens (tertiary/aromatic N) is 4. The van der Waals surface area contributed by atoms with Gasteiger partial charge in [0.1, 0.15) is 22.9 Å². The minimum absolute atomic E-state index is 0.350. The van der Waals surface area contributed by atoms with Gasteiger partial charge in [-0.25, -0.2) is 23.3 Å². The molecule has 41 heavy (non-hydrogen) atoms. The third-order valence-electron chi connectivity index (χ3n) is 6.45. The van der Waals surface area contributed by atoms with Crippen molar-refractivity contribution in [3.63, 3.8) is 0 Å². The highest BCUT2D eigenvalue weighted by atomic mass is 19.1. The molecule has 0 atom stereocenters. The number of carbonyl (C=O) groups excluding carboxylic acids is 1. The molecule has 6 aromatic rings. The number of pyridine rings is 1. The number of carbonyl (C=O) groups is 1. The van der Waals surface area contributed by atoms with Gasteiger partial charge >= 0.3 is 0 Å². The Balaban J connectivity index is 1.38. The van der Waals surface area contributed by atoms with Crippen LogP contribution in [0.1, 0.15) is 15.9 Å². The molecule has 4 N–H and O–H groups in total. The zero-order chi connectivity index (χ0) is 28.3. The molecule has 0 aliphatic carbocycles. The van der Waals surface area contributed by atoms with Crippen LogP contribution >= 0.6 is 0 Å². The zero-order valence-corrected chi connectivity index (χ0v) is 21.6. The summed E-state index contributed by atoms with van der Waals surface area (Å²) in [6.07, 6.45) is 3.49. The van der Waals surface area contributed by atoms with Crippen molar-refractivity contribution in [3.05, 3.63) is 126 Å². The minimum Gasteiger partial charge on any atom is -0.326 e. The predicted molar refractivity (Wildman–Crippen MR) is 154 cm³/mol. The van der Waals surface area contributed by atoms with Gasteiger partial charge in [-0.3, -0.25) is 4.79 Å². The van der Waals surface area contributed by atoms with E-state index in [1.54, 1.807) is 35.0 Å². The molecule has 1 amide bonds. The van der Waals surface area contributed by atoms with Crippen LogP contribution in [0.3, 0.4) is 0 Å². The van der Waals surface area contributed by atoms with Gasteiger partial charge in [0.15, 0.2) is 0 Å². The molecule has 202 valence electrons. The van der Waals surface area contributed by atoms with Gasteiger partial charge in [0.2, 0.25) is 5.95 Å². The van der Waals surface area contributed by atoms with E-state index in [0.29, 0.717) is 35.1 Å². The highest BCUT2D eigenvalue weighted by Gasteiger charge is 2.20. The maximum Gasteiger partial charge on any atom is 0.261 e. The van der Waals surface area contributed by atoms with Crippen molar-refractivity contribution in [1.82, 2.24) is 19.6 Å². The van der Waals surface area contributed by atoms with E-state index in [1.165, 1.54) is 6.07 Å². The fourth-order valence-electron chi connectivity index (χ4n) is 4.57. The van der Waals surface area contributed by atoms with Gasteiger partial charge in [-0.2, -0.15) is 5.10 Å². The van der Waals surface area contributed by atoms with Gasteiger partial charge in [0.05, 0.1) is 16.8 Å². The second kappa shape index (κ2) is 10.9. The number of hydrogen-bond acceptors (Lipinski definition) is 6. The van der Waals surface area contributed by atoms with Crippen LogP contribution in [0, 0.1) is 11.6 Å². The van der Waals surface area contributed by atoms with E-state index in [0.717, 1.165) is 34.5 Å². The van der Waals surface area contributed by atoms with Crippen molar-refractivity contribution in [3.8, 4) is 22.5 Å². The Bertz CT molecular complexity index is 1880. The molecule has 3 aromatic carbocycles. The maximum atomic E-state index is 14.2. The maximum absolute atomic E-state index is 14.2. The minimum atomic E-state index is -0.941. The van der Waals surface area contributed by atoms with E-state index in [1.807, 2.05) is 54.7 Å². The Morgan fingerprint density at radius 2 is 1.66 bits per heavy atom. The summed E-state index contributed by atoms with van der Waals surface area (Å²) in [6, 6.07) is 25.4. The van der Waals surface area contributed by atoms with Crippen molar-refractivity contribution in [2.75, 3.05) is 10.6 Å². The molecule has 8 nitrogen and oxygen atoms in total. The molecule has 0 aliphatic heterocycles. The molecule has 10 heteroatoms. The SMILES string of the molecule is NCc1cccc(Nc2nccc(-c3c(-c4cccc(NC(=O)c5c(F)cccc5F)c4)nn4ccccc34)n2)c1. The third kappa shape index (κ3) is 5.23. The van der Waals surface area contributed by atoms with Crippen LogP contribution in [0.2, 0.25) is 0 Å². The third-order valence-corrected chi connectivity index (χ3v) is 6.45. The second-order valence-electron chi connectivity index (χ2n) is 9.18. The molecule has 0 radical (unpaired) electrons. The first kappa shape index (κ1) is 25.8. The number of hydrogen-bond donors (Lipinski definition) is 3. The van der Waals surface area contributed by atoms with E-state index in [4.69, 9.17) is 15.8 Å². The molecular weight excluding hydrogens is 524 g/mol. The number of amides is 1. The van der Waals surface area contributed by atoms with E-state index in [2.05, 4.69) is 15.6 Å². The Kier molecular flexibility index (Phi) is 6.88. The number of fused-ring (bicyclic) bond motifs is 1. The first-order chi connectivity index (χ1) is 20.0.